The Morgan fingerprint density at radius 2 is 1.39 bits per heavy atom. The van der Waals surface area contributed by atoms with E-state index < -0.39 is 27.5 Å². The van der Waals surface area contributed by atoms with Crippen LogP contribution in [-0.4, -0.2) is 8.42 Å². The van der Waals surface area contributed by atoms with Crippen LogP contribution in [-0.2, 0) is 10.0 Å². The number of anilines is 1. The van der Waals surface area contributed by atoms with Crippen molar-refractivity contribution in [2.75, 3.05) is 4.72 Å². The number of hydrogen-bond acceptors (Lipinski definition) is 2. The molecule has 0 fully saturated rings. The summed E-state index contributed by atoms with van der Waals surface area (Å²) < 4.78 is 67.2. The molecule has 3 aromatic carbocycles. The number of benzene rings is 3. The second-order valence-corrected chi connectivity index (χ2v) is 6.51. The minimum Gasteiger partial charge on any atom is -0.279 e. The van der Waals surface area contributed by atoms with Crippen molar-refractivity contribution in [3.05, 3.63) is 72.0 Å². The Hall–Kier alpha value is -2.54. The predicted molar refractivity (Wildman–Crippen MR) is 81.1 cm³/mol. The number of fused-ring (bicyclic) bond motifs is 1. The first-order valence-electron chi connectivity index (χ1n) is 6.53. The first kappa shape index (κ1) is 15.4. The zero-order chi connectivity index (χ0) is 16.6. The lowest BCUT2D eigenvalue weighted by Gasteiger charge is -2.11. The van der Waals surface area contributed by atoms with Gasteiger partial charge in [0.15, 0.2) is 0 Å². The Morgan fingerprint density at radius 1 is 0.783 bits per heavy atom. The zero-order valence-corrected chi connectivity index (χ0v) is 12.4. The fourth-order valence-electron chi connectivity index (χ4n) is 2.29. The Kier molecular flexibility index (Phi) is 3.73. The van der Waals surface area contributed by atoms with Crippen molar-refractivity contribution in [1.29, 1.82) is 0 Å². The average Bonchev–Trinajstić information content (AvgIpc) is 2.46. The van der Waals surface area contributed by atoms with Crippen LogP contribution in [0.3, 0.4) is 0 Å². The number of rotatable bonds is 3. The lowest BCUT2D eigenvalue weighted by atomic mass is 10.1. The second kappa shape index (κ2) is 5.58. The minimum atomic E-state index is -4.14. The van der Waals surface area contributed by atoms with Crippen LogP contribution in [0.4, 0.5) is 18.9 Å². The van der Waals surface area contributed by atoms with E-state index in [9.17, 15) is 21.6 Å². The Balaban J connectivity index is 2.12. The molecule has 3 nitrogen and oxygen atoms in total. The molecule has 0 saturated carbocycles. The maximum atomic E-state index is 13.8. The molecule has 0 heterocycles. The summed E-state index contributed by atoms with van der Waals surface area (Å²) in [4.78, 5) is -0.181. The molecule has 1 N–H and O–H groups in total. The zero-order valence-electron chi connectivity index (χ0n) is 11.6. The topological polar surface area (TPSA) is 46.2 Å². The highest BCUT2D eigenvalue weighted by Gasteiger charge is 2.19. The summed E-state index contributed by atoms with van der Waals surface area (Å²) in [5.74, 6) is -2.38. The van der Waals surface area contributed by atoms with Crippen LogP contribution in [0, 0.1) is 17.5 Å². The molecule has 118 valence electrons. The van der Waals surface area contributed by atoms with E-state index in [-0.39, 0.29) is 21.4 Å². The molecule has 0 bridgehead atoms. The summed E-state index contributed by atoms with van der Waals surface area (Å²) in [5, 5.41) is 0.317. The van der Waals surface area contributed by atoms with Gasteiger partial charge in [0.25, 0.3) is 10.0 Å². The van der Waals surface area contributed by atoms with Gasteiger partial charge in [-0.15, -0.1) is 0 Å². The van der Waals surface area contributed by atoms with E-state index in [4.69, 9.17) is 0 Å². The van der Waals surface area contributed by atoms with E-state index in [1.165, 1.54) is 12.1 Å². The summed E-state index contributed by atoms with van der Waals surface area (Å²) in [7, 11) is -4.14. The van der Waals surface area contributed by atoms with Crippen LogP contribution in [0.5, 0.6) is 0 Å². The Morgan fingerprint density at radius 3 is 2.04 bits per heavy atom. The van der Waals surface area contributed by atoms with Gasteiger partial charge in [-0.3, -0.25) is 4.72 Å². The SMILES string of the molecule is O=S(=O)(Nc1cc(F)cc(F)c1)c1ccc(F)c2ccccc12. The lowest BCUT2D eigenvalue weighted by Crippen LogP contribution is -2.14. The Bertz CT molecular complexity index is 983. The molecule has 0 saturated heterocycles. The van der Waals surface area contributed by atoms with E-state index in [0.717, 1.165) is 24.3 Å². The molecule has 23 heavy (non-hydrogen) atoms. The Labute approximate surface area is 130 Å². The minimum absolute atomic E-state index is 0.140. The van der Waals surface area contributed by atoms with E-state index in [1.54, 1.807) is 12.1 Å². The van der Waals surface area contributed by atoms with Gasteiger partial charge in [0, 0.05) is 16.8 Å². The molecule has 0 atom stereocenters. The van der Waals surface area contributed by atoms with Crippen LogP contribution in [0.15, 0.2) is 59.5 Å². The molecule has 3 rings (SSSR count). The average molecular weight is 337 g/mol. The summed E-state index contributed by atoms with van der Waals surface area (Å²) in [6.07, 6.45) is 0. The van der Waals surface area contributed by atoms with E-state index in [1.807, 2.05) is 0 Å². The molecule has 0 spiro atoms. The summed E-state index contributed by atoms with van der Waals surface area (Å²) in [6, 6.07) is 10.5. The smallest absolute Gasteiger partial charge is 0.262 e. The molecule has 0 aromatic heterocycles. The highest BCUT2D eigenvalue weighted by Crippen LogP contribution is 2.27. The lowest BCUT2D eigenvalue weighted by molar-refractivity contribution is 0.584. The van der Waals surface area contributed by atoms with Gasteiger partial charge < -0.3 is 0 Å². The fourth-order valence-corrected chi connectivity index (χ4v) is 3.54. The van der Waals surface area contributed by atoms with Crippen LogP contribution >= 0.6 is 0 Å². The highest BCUT2D eigenvalue weighted by molar-refractivity contribution is 7.93. The van der Waals surface area contributed by atoms with E-state index >= 15 is 0 Å². The van der Waals surface area contributed by atoms with Crippen molar-refractivity contribution in [3.63, 3.8) is 0 Å². The number of halogens is 3. The van der Waals surface area contributed by atoms with Crippen molar-refractivity contribution in [2.45, 2.75) is 4.90 Å². The molecule has 0 aliphatic rings. The third-order valence-corrected chi connectivity index (χ3v) is 4.67. The van der Waals surface area contributed by atoms with Crippen molar-refractivity contribution < 1.29 is 21.6 Å². The van der Waals surface area contributed by atoms with Gasteiger partial charge in [0.05, 0.1) is 10.6 Å². The number of sulfonamides is 1. The maximum absolute atomic E-state index is 13.8. The normalized spacial score (nSPS) is 11.6. The number of nitrogens with one attached hydrogen (secondary N) is 1. The van der Waals surface area contributed by atoms with Crippen LogP contribution in [0.25, 0.3) is 10.8 Å². The predicted octanol–water partition coefficient (Wildman–Crippen LogP) is 4.06. The van der Waals surface area contributed by atoms with Crippen molar-refractivity contribution in [1.82, 2.24) is 0 Å². The van der Waals surface area contributed by atoms with Gasteiger partial charge in [-0.1, -0.05) is 24.3 Å². The molecule has 0 amide bonds. The van der Waals surface area contributed by atoms with E-state index in [2.05, 4.69) is 4.72 Å². The third kappa shape index (κ3) is 3.00. The van der Waals surface area contributed by atoms with Gasteiger partial charge >= 0.3 is 0 Å². The van der Waals surface area contributed by atoms with E-state index in [0.29, 0.717) is 6.07 Å². The summed E-state index contributed by atoms with van der Waals surface area (Å²) in [6.45, 7) is 0. The van der Waals surface area contributed by atoms with Gasteiger partial charge in [-0.05, 0) is 24.3 Å². The van der Waals surface area contributed by atoms with Gasteiger partial charge in [-0.2, -0.15) is 0 Å². The molecule has 0 radical (unpaired) electrons. The molecule has 3 aromatic rings. The molecule has 0 unspecified atom stereocenters. The molecule has 7 heteroatoms. The van der Waals surface area contributed by atoms with Gasteiger partial charge in [0.1, 0.15) is 17.5 Å². The van der Waals surface area contributed by atoms with Crippen molar-refractivity contribution in [3.8, 4) is 0 Å². The second-order valence-electron chi connectivity index (χ2n) is 4.85. The molecule has 0 aliphatic carbocycles. The molecular weight excluding hydrogens is 327 g/mol. The van der Waals surface area contributed by atoms with Crippen LogP contribution < -0.4 is 4.72 Å². The molecule has 0 aliphatic heterocycles. The quantitative estimate of drug-likeness (QED) is 0.783. The number of hydrogen-bond donors (Lipinski definition) is 1. The van der Waals surface area contributed by atoms with Crippen LogP contribution in [0.2, 0.25) is 0 Å². The first-order chi connectivity index (χ1) is 10.9. The third-order valence-electron chi connectivity index (χ3n) is 3.24. The highest BCUT2D eigenvalue weighted by atomic mass is 32.2. The molecular formula is C16H10F3NO2S. The monoisotopic (exact) mass is 337 g/mol. The van der Waals surface area contributed by atoms with Gasteiger partial charge in [0.2, 0.25) is 0 Å². The maximum Gasteiger partial charge on any atom is 0.262 e. The standard InChI is InChI=1S/C16H10F3NO2S/c17-10-7-11(18)9-12(8-10)20-23(21,22)16-6-5-15(19)13-3-1-2-4-14(13)16/h1-9,20H. The van der Waals surface area contributed by atoms with Crippen molar-refractivity contribution >= 4 is 26.5 Å². The van der Waals surface area contributed by atoms with Gasteiger partial charge in [-0.25, -0.2) is 21.6 Å². The fraction of sp³-hybridized carbons (Fsp3) is 0. The van der Waals surface area contributed by atoms with Crippen molar-refractivity contribution in [2.24, 2.45) is 0 Å². The first-order valence-corrected chi connectivity index (χ1v) is 8.01. The van der Waals surface area contributed by atoms with Crippen LogP contribution in [0.1, 0.15) is 0 Å². The largest absolute Gasteiger partial charge is 0.279 e. The summed E-state index contributed by atoms with van der Waals surface area (Å²) >= 11 is 0. The summed E-state index contributed by atoms with van der Waals surface area (Å²) in [5.41, 5.74) is -0.254.